The van der Waals surface area contributed by atoms with Crippen molar-refractivity contribution in [2.75, 3.05) is 6.54 Å². The van der Waals surface area contributed by atoms with E-state index in [-0.39, 0.29) is 0 Å². The molecule has 3 aromatic rings. The van der Waals surface area contributed by atoms with Crippen molar-refractivity contribution in [3.63, 3.8) is 0 Å². The van der Waals surface area contributed by atoms with Crippen LogP contribution in [-0.4, -0.2) is 26.3 Å². The Balaban J connectivity index is 1.53. The number of aromatic nitrogens is 4. The average molecular weight is 333 g/mol. The third-order valence-electron chi connectivity index (χ3n) is 3.98. The summed E-state index contributed by atoms with van der Waals surface area (Å²) in [5.41, 5.74) is 4.34. The highest BCUT2D eigenvalue weighted by molar-refractivity contribution is 5.58. The third-order valence-corrected chi connectivity index (χ3v) is 3.98. The van der Waals surface area contributed by atoms with Crippen LogP contribution in [0.5, 0.6) is 0 Å². The molecule has 0 atom stereocenters. The van der Waals surface area contributed by atoms with Crippen molar-refractivity contribution in [3.8, 4) is 11.3 Å². The maximum atomic E-state index is 4.65. The van der Waals surface area contributed by atoms with E-state index in [0.717, 1.165) is 48.8 Å². The number of nitrogens with zero attached hydrogens (tertiary/aromatic N) is 4. The van der Waals surface area contributed by atoms with E-state index in [0.29, 0.717) is 0 Å². The van der Waals surface area contributed by atoms with Gasteiger partial charge in [0.1, 0.15) is 5.82 Å². The average Bonchev–Trinajstić information content (AvgIpc) is 2.99. The van der Waals surface area contributed by atoms with Crippen LogP contribution in [0.4, 0.5) is 0 Å². The Kier molecular flexibility index (Phi) is 5.69. The minimum Gasteiger partial charge on any atom is -0.312 e. The lowest BCUT2D eigenvalue weighted by molar-refractivity contribution is 0.667. The predicted molar refractivity (Wildman–Crippen MR) is 100 cm³/mol. The zero-order chi connectivity index (χ0) is 17.5. The molecule has 128 valence electrons. The lowest BCUT2D eigenvalue weighted by Crippen LogP contribution is -2.18. The molecule has 0 amide bonds. The van der Waals surface area contributed by atoms with Crippen molar-refractivity contribution in [1.29, 1.82) is 0 Å². The fourth-order valence-electron chi connectivity index (χ4n) is 2.67. The molecule has 1 N–H and O–H groups in total. The first kappa shape index (κ1) is 17.0. The topological polar surface area (TPSA) is 55.6 Å². The number of allylic oxidation sites excluding steroid dienone is 1. The van der Waals surface area contributed by atoms with Crippen LogP contribution >= 0.6 is 0 Å². The second-order valence-electron chi connectivity index (χ2n) is 5.90. The largest absolute Gasteiger partial charge is 0.312 e. The van der Waals surface area contributed by atoms with E-state index in [1.165, 1.54) is 5.56 Å². The van der Waals surface area contributed by atoms with Crippen LogP contribution in [0.1, 0.15) is 17.1 Å². The van der Waals surface area contributed by atoms with Crippen LogP contribution in [0.25, 0.3) is 11.3 Å². The van der Waals surface area contributed by atoms with Crippen LogP contribution in [0, 0.1) is 6.92 Å². The zero-order valence-corrected chi connectivity index (χ0v) is 14.5. The lowest BCUT2D eigenvalue weighted by atomic mass is 10.1. The standard InChI is InChI=1S/C20H23N5/c1-3-13-25-15-18(16(2)24-25)14-21-11-10-20-22-12-9-19(23-20)17-7-5-4-6-8-17/h3-9,12,15,21H,1,10-11,13-14H2,2H3. The summed E-state index contributed by atoms with van der Waals surface area (Å²) in [5, 5.41) is 7.91. The molecule has 0 aliphatic heterocycles. The van der Waals surface area contributed by atoms with Gasteiger partial charge in [0.25, 0.3) is 0 Å². The van der Waals surface area contributed by atoms with Crippen molar-refractivity contribution in [1.82, 2.24) is 25.1 Å². The van der Waals surface area contributed by atoms with Gasteiger partial charge < -0.3 is 5.32 Å². The summed E-state index contributed by atoms with van der Waals surface area (Å²) in [6.45, 7) is 8.13. The summed E-state index contributed by atoms with van der Waals surface area (Å²) in [5.74, 6) is 0.855. The first-order chi connectivity index (χ1) is 12.3. The molecular weight excluding hydrogens is 310 g/mol. The summed E-state index contributed by atoms with van der Waals surface area (Å²) in [7, 11) is 0. The molecule has 0 spiro atoms. The number of benzene rings is 1. The van der Waals surface area contributed by atoms with Gasteiger partial charge in [0.15, 0.2) is 0 Å². The Morgan fingerprint density at radius 1 is 1.20 bits per heavy atom. The van der Waals surface area contributed by atoms with Crippen molar-refractivity contribution in [3.05, 3.63) is 78.5 Å². The second kappa shape index (κ2) is 8.35. The monoisotopic (exact) mass is 333 g/mol. The number of rotatable bonds is 8. The highest BCUT2D eigenvalue weighted by Crippen LogP contribution is 2.15. The van der Waals surface area contributed by atoms with E-state index < -0.39 is 0 Å². The van der Waals surface area contributed by atoms with Crippen LogP contribution in [-0.2, 0) is 19.5 Å². The number of aryl methyl sites for hydroxylation is 1. The summed E-state index contributed by atoms with van der Waals surface area (Å²) in [6, 6.07) is 12.1. The summed E-state index contributed by atoms with van der Waals surface area (Å²) < 4.78 is 1.91. The Morgan fingerprint density at radius 2 is 2.04 bits per heavy atom. The Labute approximate surface area is 148 Å². The number of hydrogen-bond acceptors (Lipinski definition) is 4. The van der Waals surface area contributed by atoms with E-state index in [4.69, 9.17) is 0 Å². The predicted octanol–water partition coefficient (Wildman–Crippen LogP) is 3.17. The van der Waals surface area contributed by atoms with E-state index in [1.54, 1.807) is 0 Å². The first-order valence-corrected chi connectivity index (χ1v) is 8.48. The van der Waals surface area contributed by atoms with Gasteiger partial charge in [-0.25, -0.2) is 9.97 Å². The molecule has 5 heteroatoms. The third kappa shape index (κ3) is 4.61. The summed E-state index contributed by atoms with van der Waals surface area (Å²) in [6.07, 6.45) is 6.53. The van der Waals surface area contributed by atoms with E-state index in [9.17, 15) is 0 Å². The molecule has 0 fully saturated rings. The molecule has 0 aliphatic carbocycles. The van der Waals surface area contributed by atoms with Crippen molar-refractivity contribution < 1.29 is 0 Å². The smallest absolute Gasteiger partial charge is 0.130 e. The summed E-state index contributed by atoms with van der Waals surface area (Å²) in [4.78, 5) is 9.03. The zero-order valence-electron chi connectivity index (χ0n) is 14.5. The molecule has 0 saturated heterocycles. The van der Waals surface area contributed by atoms with Crippen LogP contribution in [0.15, 0.2) is 61.4 Å². The van der Waals surface area contributed by atoms with Gasteiger partial charge in [-0.05, 0) is 13.0 Å². The van der Waals surface area contributed by atoms with Crippen molar-refractivity contribution in [2.45, 2.75) is 26.4 Å². The highest BCUT2D eigenvalue weighted by atomic mass is 15.3. The van der Waals surface area contributed by atoms with E-state index in [2.05, 4.69) is 45.3 Å². The number of nitrogens with one attached hydrogen (secondary N) is 1. The Bertz CT molecular complexity index is 823. The van der Waals surface area contributed by atoms with Crippen molar-refractivity contribution in [2.24, 2.45) is 0 Å². The summed E-state index contributed by atoms with van der Waals surface area (Å²) >= 11 is 0. The molecule has 2 heterocycles. The number of hydrogen-bond donors (Lipinski definition) is 1. The minimum absolute atomic E-state index is 0.737. The SMILES string of the molecule is C=CCn1cc(CNCCc2nccc(-c3ccccc3)n2)c(C)n1. The van der Waals surface area contributed by atoms with E-state index >= 15 is 0 Å². The van der Waals surface area contributed by atoms with Crippen LogP contribution in [0.2, 0.25) is 0 Å². The van der Waals surface area contributed by atoms with Gasteiger partial charge in [-0.2, -0.15) is 5.10 Å². The molecule has 1 aromatic carbocycles. The van der Waals surface area contributed by atoms with Gasteiger partial charge in [0.05, 0.1) is 17.9 Å². The molecule has 0 aliphatic rings. The molecule has 0 radical (unpaired) electrons. The molecule has 0 unspecified atom stereocenters. The van der Waals surface area contributed by atoms with Crippen LogP contribution in [0.3, 0.4) is 0 Å². The minimum atomic E-state index is 0.737. The Morgan fingerprint density at radius 3 is 2.84 bits per heavy atom. The van der Waals surface area contributed by atoms with Gasteiger partial charge in [0, 0.05) is 43.0 Å². The molecule has 5 nitrogen and oxygen atoms in total. The Hall–Kier alpha value is -2.79. The van der Waals surface area contributed by atoms with Gasteiger partial charge >= 0.3 is 0 Å². The molecule has 0 saturated carbocycles. The fraction of sp³-hybridized carbons (Fsp3) is 0.250. The van der Waals surface area contributed by atoms with Gasteiger partial charge in [-0.3, -0.25) is 4.68 Å². The second-order valence-corrected chi connectivity index (χ2v) is 5.90. The first-order valence-electron chi connectivity index (χ1n) is 8.48. The fourth-order valence-corrected chi connectivity index (χ4v) is 2.67. The molecule has 3 rings (SSSR count). The van der Waals surface area contributed by atoms with E-state index in [1.807, 2.05) is 48.1 Å². The van der Waals surface area contributed by atoms with Crippen LogP contribution < -0.4 is 5.32 Å². The maximum Gasteiger partial charge on any atom is 0.130 e. The molecule has 2 aromatic heterocycles. The quantitative estimate of drug-likeness (QED) is 0.508. The molecule has 25 heavy (non-hydrogen) atoms. The molecule has 0 bridgehead atoms. The normalized spacial score (nSPS) is 10.8. The maximum absolute atomic E-state index is 4.65. The van der Waals surface area contributed by atoms with Crippen molar-refractivity contribution >= 4 is 0 Å². The van der Waals surface area contributed by atoms with Gasteiger partial charge in [-0.1, -0.05) is 36.4 Å². The van der Waals surface area contributed by atoms with Gasteiger partial charge in [-0.15, -0.1) is 6.58 Å². The highest BCUT2D eigenvalue weighted by Gasteiger charge is 2.05. The van der Waals surface area contributed by atoms with Gasteiger partial charge in [0.2, 0.25) is 0 Å². The lowest BCUT2D eigenvalue weighted by Gasteiger charge is -2.05. The molecular formula is C20H23N5.